The number of thiazole rings is 2. The fourth-order valence-corrected chi connectivity index (χ4v) is 14.1. The van der Waals surface area contributed by atoms with Gasteiger partial charge in [0.2, 0.25) is 23.6 Å². The van der Waals surface area contributed by atoms with Crippen LogP contribution in [0.5, 0.6) is 0 Å². The molecule has 0 bridgehead atoms. The summed E-state index contributed by atoms with van der Waals surface area (Å²) < 4.78 is 11.1. The first-order chi connectivity index (χ1) is 42.3. The van der Waals surface area contributed by atoms with Gasteiger partial charge in [0, 0.05) is 90.7 Å². The van der Waals surface area contributed by atoms with E-state index in [1.54, 1.807) is 32.5 Å². The maximum atomic E-state index is 14.6. The number of nitrogens with zero attached hydrogens (tertiary/aromatic N) is 8. The largest absolute Gasteiger partial charge is 0.444 e. The van der Waals surface area contributed by atoms with Crippen molar-refractivity contribution < 1.29 is 38.2 Å². The van der Waals surface area contributed by atoms with Crippen LogP contribution in [0.25, 0.3) is 32.0 Å². The van der Waals surface area contributed by atoms with Crippen molar-refractivity contribution in [2.45, 2.75) is 128 Å². The molecule has 6 amide bonds. The van der Waals surface area contributed by atoms with Crippen molar-refractivity contribution in [3.63, 3.8) is 0 Å². The van der Waals surface area contributed by atoms with Crippen LogP contribution in [-0.4, -0.2) is 165 Å². The molecule has 0 spiro atoms. The molecule has 0 aliphatic carbocycles. The molecule has 4 atom stereocenters. The average molecular weight is 1230 g/mol. The number of piperazine rings is 2. The Balaban J connectivity index is 0.714. The zero-order valence-electron chi connectivity index (χ0n) is 51.7. The van der Waals surface area contributed by atoms with Crippen LogP contribution in [0, 0.1) is 0 Å². The van der Waals surface area contributed by atoms with E-state index in [1.807, 2.05) is 124 Å². The second kappa shape index (κ2) is 28.8. The van der Waals surface area contributed by atoms with E-state index in [0.29, 0.717) is 91.4 Å². The Hall–Kier alpha value is -7.52. The third kappa shape index (κ3) is 16.6. The predicted octanol–water partition coefficient (Wildman–Crippen LogP) is 11.3. The number of carbonyl (C=O) groups is 6. The zero-order chi connectivity index (χ0) is 62.0. The Labute approximate surface area is 525 Å². The van der Waals surface area contributed by atoms with Crippen LogP contribution >= 0.6 is 22.7 Å². The SMILES string of the molecule is CC(C)(C)OC(=O)N1CCN(CCCC(=O)N[C@@H](C(=O)N2CCC[C@H]2c2ncc(-c3ccc(-c4ccc(-c5cnc([C@@H]6CCCN6C(=O)[C@H](NC(=O)CCCN6CCN(C(=O)OC(C)(C)C)CC6)c6ccccc6)s5)cc4)cc3)s2)c2ccccc2)CC1. The lowest BCUT2D eigenvalue weighted by Crippen LogP contribution is -2.50. The Bertz CT molecular complexity index is 3110. The van der Waals surface area contributed by atoms with Crippen LogP contribution in [0.3, 0.4) is 0 Å². The molecule has 88 heavy (non-hydrogen) atoms. The molecule has 6 heterocycles. The number of hydrogen-bond donors (Lipinski definition) is 2. The molecular weight excluding hydrogens is 1150 g/mol. The van der Waals surface area contributed by atoms with Crippen molar-refractivity contribution in [1.29, 1.82) is 0 Å². The second-order valence-corrected chi connectivity index (χ2v) is 27.4. The number of aromatic nitrogens is 2. The van der Waals surface area contributed by atoms with Gasteiger partial charge in [0.25, 0.3) is 0 Å². The van der Waals surface area contributed by atoms with Gasteiger partial charge in [-0.05, 0) is 127 Å². The minimum atomic E-state index is -0.827. The second-order valence-electron chi connectivity index (χ2n) is 25.3. The molecule has 4 aliphatic heterocycles. The number of ether oxygens (including phenoxy) is 2. The first kappa shape index (κ1) is 63.5. The number of hydrogen-bond acceptors (Lipinski definition) is 14. The lowest BCUT2D eigenvalue weighted by Gasteiger charge is -2.35. The predicted molar refractivity (Wildman–Crippen MR) is 343 cm³/mol. The monoisotopic (exact) mass is 1230 g/mol. The van der Waals surface area contributed by atoms with Crippen LogP contribution in [0.1, 0.15) is 138 Å². The summed E-state index contributed by atoms with van der Waals surface area (Å²) in [5.74, 6) is -0.626. The van der Waals surface area contributed by atoms with Gasteiger partial charge >= 0.3 is 12.2 Å². The zero-order valence-corrected chi connectivity index (χ0v) is 53.3. The maximum Gasteiger partial charge on any atom is 0.410 e. The lowest BCUT2D eigenvalue weighted by molar-refractivity contribution is -0.137. The fraction of sp³-hybridized carbons (Fsp3) is 0.471. The minimum Gasteiger partial charge on any atom is -0.444 e. The van der Waals surface area contributed by atoms with Gasteiger partial charge < -0.3 is 39.7 Å². The molecule has 4 saturated heterocycles. The van der Waals surface area contributed by atoms with Gasteiger partial charge in [0.1, 0.15) is 33.3 Å². The summed E-state index contributed by atoms with van der Waals surface area (Å²) in [5.41, 5.74) is 4.61. The third-order valence-electron chi connectivity index (χ3n) is 16.5. The number of likely N-dealkylation sites (tertiary alicyclic amines) is 2. The van der Waals surface area contributed by atoms with Crippen molar-refractivity contribution in [3.8, 4) is 32.0 Å². The highest BCUT2D eigenvalue weighted by Gasteiger charge is 2.39. The molecule has 10 rings (SSSR count). The van der Waals surface area contributed by atoms with Crippen LogP contribution in [-0.2, 0) is 28.7 Å². The van der Waals surface area contributed by atoms with Crippen molar-refractivity contribution in [2.75, 3.05) is 78.5 Å². The Morgan fingerprint density at radius 3 is 1.19 bits per heavy atom. The van der Waals surface area contributed by atoms with E-state index in [9.17, 15) is 28.8 Å². The summed E-state index contributed by atoms with van der Waals surface area (Å²) >= 11 is 3.20. The molecule has 0 saturated carbocycles. The highest BCUT2D eigenvalue weighted by molar-refractivity contribution is 7.15. The quantitative estimate of drug-likeness (QED) is 0.0782. The summed E-state index contributed by atoms with van der Waals surface area (Å²) in [4.78, 5) is 105. The van der Waals surface area contributed by atoms with Crippen molar-refractivity contribution in [2.24, 2.45) is 0 Å². The average Bonchev–Trinajstić information content (AvgIpc) is 3.66. The molecule has 18 nitrogen and oxygen atoms in total. The van der Waals surface area contributed by atoms with Crippen molar-refractivity contribution in [3.05, 3.63) is 143 Å². The van der Waals surface area contributed by atoms with E-state index in [-0.39, 0.29) is 60.7 Å². The summed E-state index contributed by atoms with van der Waals surface area (Å²) in [6.07, 6.45) is 8.24. The standard InChI is InChI=1S/C68H84N10O8S2/c1-67(2,3)85-65(83)75-41-37-73(38-42-75)33-15-23-57(79)71-59(51-17-9-7-10-18-51)63(81)77-35-13-21-53(77)61-69-45-55(87-61)49-29-25-47(26-30-49)48-27-31-50(32-28-48)56-46-70-62(88-56)54-22-14-36-78(54)64(82)60(52-19-11-8-12-20-52)72-58(80)24-16-34-74-39-43-76(44-40-74)66(84)86-68(4,5)6/h7-12,17-20,25-32,45-46,53-54,59-60H,13-16,21-24,33-44H2,1-6H3,(H,71,79)(H,72,80)/t53-,54-,59+,60+/m0/s1. The summed E-state index contributed by atoms with van der Waals surface area (Å²) in [5, 5.41) is 7.95. The van der Waals surface area contributed by atoms with E-state index in [4.69, 9.17) is 19.4 Å². The van der Waals surface area contributed by atoms with Gasteiger partial charge in [-0.1, -0.05) is 109 Å². The van der Waals surface area contributed by atoms with E-state index in [2.05, 4.69) is 69.0 Å². The molecule has 466 valence electrons. The van der Waals surface area contributed by atoms with Crippen LogP contribution in [0.4, 0.5) is 9.59 Å². The van der Waals surface area contributed by atoms with Gasteiger partial charge in [-0.15, -0.1) is 22.7 Å². The molecule has 20 heteroatoms. The molecule has 0 unspecified atom stereocenters. The fourth-order valence-electron chi connectivity index (χ4n) is 11.9. The summed E-state index contributed by atoms with van der Waals surface area (Å²) in [6, 6.07) is 33.8. The highest BCUT2D eigenvalue weighted by Crippen LogP contribution is 2.41. The maximum absolute atomic E-state index is 14.6. The van der Waals surface area contributed by atoms with E-state index < -0.39 is 23.3 Å². The topological polar surface area (TPSA) is 190 Å². The molecule has 6 aromatic rings. The molecule has 4 fully saturated rings. The first-order valence-corrected chi connectivity index (χ1v) is 32.8. The normalized spacial score (nSPS) is 18.4. The smallest absolute Gasteiger partial charge is 0.410 e. The Kier molecular flexibility index (Phi) is 20.7. The number of benzene rings is 4. The number of rotatable bonds is 19. The molecular formula is C68H84N10O8S2. The van der Waals surface area contributed by atoms with E-state index >= 15 is 0 Å². The molecule has 4 aromatic carbocycles. The summed E-state index contributed by atoms with van der Waals surface area (Å²) in [7, 11) is 0. The van der Waals surface area contributed by atoms with E-state index in [0.717, 1.165) is 78.8 Å². The molecule has 2 N–H and O–H groups in total. The van der Waals surface area contributed by atoms with Crippen LogP contribution < -0.4 is 10.6 Å². The van der Waals surface area contributed by atoms with Crippen molar-refractivity contribution >= 4 is 58.5 Å². The van der Waals surface area contributed by atoms with Crippen LogP contribution in [0.15, 0.2) is 122 Å². The number of amides is 6. The Morgan fingerprint density at radius 2 is 0.841 bits per heavy atom. The molecule has 0 radical (unpaired) electrons. The minimum absolute atomic E-state index is 0.138. The molecule has 4 aliphatic rings. The summed E-state index contributed by atoms with van der Waals surface area (Å²) in [6.45, 7) is 18.9. The third-order valence-corrected chi connectivity index (χ3v) is 18.8. The number of carbonyl (C=O) groups excluding carboxylic acids is 6. The van der Waals surface area contributed by atoms with Crippen LogP contribution in [0.2, 0.25) is 0 Å². The number of nitrogens with one attached hydrogen (secondary N) is 2. The van der Waals surface area contributed by atoms with Crippen molar-refractivity contribution in [1.82, 2.24) is 50.0 Å². The van der Waals surface area contributed by atoms with Gasteiger partial charge in [-0.25, -0.2) is 19.6 Å². The first-order valence-electron chi connectivity index (χ1n) is 31.2. The van der Waals surface area contributed by atoms with Gasteiger partial charge in [0.05, 0.1) is 21.8 Å². The molecule has 2 aromatic heterocycles. The lowest BCUT2D eigenvalue weighted by atomic mass is 10.0. The Morgan fingerprint density at radius 1 is 0.489 bits per heavy atom. The highest BCUT2D eigenvalue weighted by atomic mass is 32.1. The van der Waals surface area contributed by atoms with E-state index in [1.165, 1.54) is 0 Å². The van der Waals surface area contributed by atoms with Gasteiger partial charge in [-0.2, -0.15) is 0 Å². The van der Waals surface area contributed by atoms with Gasteiger partial charge in [-0.3, -0.25) is 29.0 Å². The van der Waals surface area contributed by atoms with Gasteiger partial charge in [0.15, 0.2) is 0 Å².